The van der Waals surface area contributed by atoms with Crippen molar-refractivity contribution < 1.29 is 9.53 Å². The molecule has 8 heteroatoms. The Morgan fingerprint density at radius 3 is 2.96 bits per heavy atom. The van der Waals surface area contributed by atoms with Crippen LogP contribution in [0.1, 0.15) is 31.5 Å². The highest BCUT2D eigenvalue weighted by molar-refractivity contribution is 5.74. The molecule has 128 valence electrons. The van der Waals surface area contributed by atoms with Crippen LogP contribution in [-0.2, 0) is 24.2 Å². The van der Waals surface area contributed by atoms with E-state index in [0.717, 1.165) is 51.2 Å². The van der Waals surface area contributed by atoms with Crippen LogP contribution in [0, 0.1) is 0 Å². The minimum absolute atomic E-state index is 0.0179. The molecular formula is C15H25N5O3. The third kappa shape index (κ3) is 3.93. The van der Waals surface area contributed by atoms with E-state index in [9.17, 15) is 9.59 Å². The fourth-order valence-electron chi connectivity index (χ4n) is 3.08. The third-order valence-electron chi connectivity index (χ3n) is 4.36. The van der Waals surface area contributed by atoms with Crippen molar-refractivity contribution >= 4 is 6.03 Å². The lowest BCUT2D eigenvalue weighted by Gasteiger charge is -2.20. The third-order valence-corrected chi connectivity index (χ3v) is 4.36. The van der Waals surface area contributed by atoms with Crippen molar-refractivity contribution in [1.29, 1.82) is 0 Å². The van der Waals surface area contributed by atoms with Crippen molar-refractivity contribution in [3.05, 3.63) is 16.3 Å². The molecular weight excluding hydrogens is 298 g/mol. The second-order valence-electron chi connectivity index (χ2n) is 6.07. The van der Waals surface area contributed by atoms with Crippen LogP contribution in [-0.4, -0.2) is 58.1 Å². The molecule has 1 N–H and O–H groups in total. The van der Waals surface area contributed by atoms with E-state index in [4.69, 9.17) is 4.74 Å². The van der Waals surface area contributed by atoms with Gasteiger partial charge in [-0.05, 0) is 25.7 Å². The zero-order valence-corrected chi connectivity index (χ0v) is 13.5. The number of aromatic nitrogens is 3. The molecule has 3 heterocycles. The second-order valence-corrected chi connectivity index (χ2v) is 6.07. The quantitative estimate of drug-likeness (QED) is 0.803. The van der Waals surface area contributed by atoms with E-state index >= 15 is 0 Å². The number of hydrogen-bond acceptors (Lipinski definition) is 4. The maximum Gasteiger partial charge on any atom is 0.345 e. The Balaban J connectivity index is 1.44. The Kier molecular flexibility index (Phi) is 5.32. The van der Waals surface area contributed by atoms with Crippen LogP contribution >= 0.6 is 0 Å². The molecule has 1 fully saturated rings. The van der Waals surface area contributed by atoms with E-state index in [1.165, 1.54) is 4.68 Å². The molecule has 0 aromatic carbocycles. The fourth-order valence-corrected chi connectivity index (χ4v) is 3.08. The second kappa shape index (κ2) is 7.63. The van der Waals surface area contributed by atoms with Gasteiger partial charge in [-0.2, -0.15) is 5.10 Å². The number of carbonyl (C=O) groups excluding carboxylic acids is 1. The number of hydrogen-bond donors (Lipinski definition) is 1. The van der Waals surface area contributed by atoms with Crippen LogP contribution in [0.15, 0.2) is 4.79 Å². The first-order valence-electron chi connectivity index (χ1n) is 8.53. The van der Waals surface area contributed by atoms with Gasteiger partial charge in [0.1, 0.15) is 5.82 Å². The van der Waals surface area contributed by atoms with Gasteiger partial charge in [0.05, 0.1) is 6.61 Å². The van der Waals surface area contributed by atoms with Crippen LogP contribution in [0.3, 0.4) is 0 Å². The van der Waals surface area contributed by atoms with Crippen LogP contribution < -0.4 is 11.0 Å². The number of aryl methyl sites for hydroxylation is 2. The summed E-state index contributed by atoms with van der Waals surface area (Å²) in [6.45, 7) is 4.56. The Morgan fingerprint density at radius 1 is 1.17 bits per heavy atom. The van der Waals surface area contributed by atoms with E-state index in [1.807, 2.05) is 0 Å². The average Bonchev–Trinajstić information content (AvgIpc) is 2.76. The number of amides is 2. The van der Waals surface area contributed by atoms with E-state index in [-0.39, 0.29) is 11.7 Å². The summed E-state index contributed by atoms with van der Waals surface area (Å²) < 4.78 is 8.65. The van der Waals surface area contributed by atoms with Crippen molar-refractivity contribution in [1.82, 2.24) is 24.6 Å². The van der Waals surface area contributed by atoms with Gasteiger partial charge in [-0.15, -0.1) is 0 Å². The molecule has 0 unspecified atom stereocenters. The predicted octanol–water partition coefficient (Wildman–Crippen LogP) is 0.203. The monoisotopic (exact) mass is 323 g/mol. The zero-order valence-electron chi connectivity index (χ0n) is 13.5. The number of nitrogens with zero attached hydrogens (tertiary/aromatic N) is 4. The zero-order chi connectivity index (χ0) is 16.1. The highest BCUT2D eigenvalue weighted by atomic mass is 16.5. The van der Waals surface area contributed by atoms with Crippen molar-refractivity contribution in [2.45, 2.75) is 45.2 Å². The molecule has 2 amide bonds. The molecule has 23 heavy (non-hydrogen) atoms. The van der Waals surface area contributed by atoms with Crippen molar-refractivity contribution in [3.8, 4) is 0 Å². The Labute approximate surface area is 135 Å². The molecule has 0 radical (unpaired) electrons. The molecule has 3 rings (SSSR count). The number of rotatable bonds is 4. The van der Waals surface area contributed by atoms with Gasteiger partial charge in [0, 0.05) is 45.8 Å². The first-order chi connectivity index (χ1) is 11.3. The molecule has 1 aromatic rings. The van der Waals surface area contributed by atoms with Gasteiger partial charge in [0.2, 0.25) is 0 Å². The van der Waals surface area contributed by atoms with Crippen LogP contribution in [0.25, 0.3) is 0 Å². The van der Waals surface area contributed by atoms with Gasteiger partial charge in [-0.3, -0.25) is 4.57 Å². The van der Waals surface area contributed by atoms with E-state index in [2.05, 4.69) is 10.4 Å². The molecule has 1 saturated heterocycles. The maximum absolute atomic E-state index is 12.2. The standard InChI is InChI=1S/C15H25N5O3/c21-14(18-7-4-11-23-12-10-18)16-6-3-9-20-15(22)19-8-2-1-5-13(19)17-20/h1-12H2,(H,16,21). The summed E-state index contributed by atoms with van der Waals surface area (Å²) in [5.74, 6) is 0.898. The van der Waals surface area contributed by atoms with Gasteiger partial charge in [-0.1, -0.05) is 0 Å². The van der Waals surface area contributed by atoms with Crippen LogP contribution in [0.5, 0.6) is 0 Å². The minimum atomic E-state index is -0.0491. The fraction of sp³-hybridized carbons (Fsp3) is 0.800. The van der Waals surface area contributed by atoms with E-state index in [1.54, 1.807) is 9.47 Å². The molecule has 2 aliphatic rings. The molecule has 0 saturated carbocycles. The normalized spacial score (nSPS) is 18.3. The summed E-state index contributed by atoms with van der Waals surface area (Å²) in [5, 5.41) is 7.31. The van der Waals surface area contributed by atoms with Crippen LogP contribution in [0.2, 0.25) is 0 Å². The number of carbonyl (C=O) groups is 1. The van der Waals surface area contributed by atoms with Crippen molar-refractivity contribution in [2.75, 3.05) is 32.8 Å². The Bertz CT molecular complexity index is 586. The number of fused-ring (bicyclic) bond motifs is 1. The smallest absolute Gasteiger partial charge is 0.345 e. The molecule has 1 aromatic heterocycles. The SMILES string of the molecule is O=C(NCCCn1nc2n(c1=O)CCCC2)N1CCCOCC1. The van der Waals surface area contributed by atoms with E-state index < -0.39 is 0 Å². The first-order valence-corrected chi connectivity index (χ1v) is 8.53. The van der Waals surface area contributed by atoms with Crippen molar-refractivity contribution in [3.63, 3.8) is 0 Å². The van der Waals surface area contributed by atoms with Gasteiger partial charge >= 0.3 is 11.7 Å². The molecule has 0 spiro atoms. The lowest BCUT2D eigenvalue weighted by atomic mass is 10.2. The van der Waals surface area contributed by atoms with E-state index in [0.29, 0.717) is 32.7 Å². The summed E-state index contributed by atoms with van der Waals surface area (Å²) in [7, 11) is 0. The molecule has 0 bridgehead atoms. The number of ether oxygens (including phenoxy) is 1. The average molecular weight is 323 g/mol. The minimum Gasteiger partial charge on any atom is -0.380 e. The maximum atomic E-state index is 12.2. The topological polar surface area (TPSA) is 81.4 Å². The van der Waals surface area contributed by atoms with Gasteiger partial charge in [-0.25, -0.2) is 14.3 Å². The van der Waals surface area contributed by atoms with Gasteiger partial charge < -0.3 is 15.0 Å². The summed E-state index contributed by atoms with van der Waals surface area (Å²) >= 11 is 0. The van der Waals surface area contributed by atoms with Gasteiger partial charge in [0.25, 0.3) is 0 Å². The predicted molar refractivity (Wildman–Crippen MR) is 84.4 cm³/mol. The summed E-state index contributed by atoms with van der Waals surface area (Å²) in [6.07, 6.45) is 4.62. The molecule has 0 atom stereocenters. The first kappa shape index (κ1) is 16.0. The summed E-state index contributed by atoms with van der Waals surface area (Å²) in [5.41, 5.74) is -0.0179. The highest BCUT2D eigenvalue weighted by Gasteiger charge is 2.17. The van der Waals surface area contributed by atoms with Crippen LogP contribution in [0.4, 0.5) is 4.79 Å². The number of urea groups is 1. The lowest BCUT2D eigenvalue weighted by Crippen LogP contribution is -2.41. The number of nitrogens with one attached hydrogen (secondary N) is 1. The van der Waals surface area contributed by atoms with Crippen molar-refractivity contribution in [2.24, 2.45) is 0 Å². The van der Waals surface area contributed by atoms with Gasteiger partial charge in [0.15, 0.2) is 0 Å². The molecule has 2 aliphatic heterocycles. The molecule has 8 nitrogen and oxygen atoms in total. The Morgan fingerprint density at radius 2 is 2.09 bits per heavy atom. The highest BCUT2D eigenvalue weighted by Crippen LogP contribution is 2.09. The summed E-state index contributed by atoms with van der Waals surface area (Å²) in [6, 6.07) is -0.0491. The largest absolute Gasteiger partial charge is 0.380 e. The lowest BCUT2D eigenvalue weighted by molar-refractivity contribution is 0.142. The summed E-state index contributed by atoms with van der Waals surface area (Å²) in [4.78, 5) is 26.0. The molecule has 0 aliphatic carbocycles. The Hall–Kier alpha value is -1.83.